The van der Waals surface area contributed by atoms with Crippen molar-refractivity contribution in [1.82, 2.24) is 14.6 Å². The number of nitrogens with zero attached hydrogens (tertiary/aromatic N) is 3. The van der Waals surface area contributed by atoms with E-state index in [1.165, 1.54) is 17.1 Å². The van der Waals surface area contributed by atoms with Crippen LogP contribution in [0, 0.1) is 0 Å². The summed E-state index contributed by atoms with van der Waals surface area (Å²) in [5.74, 6) is 0.855. The predicted molar refractivity (Wildman–Crippen MR) is 125 cm³/mol. The molecule has 3 nitrogen and oxygen atoms in total. The summed E-state index contributed by atoms with van der Waals surface area (Å²) in [5.41, 5.74) is 4.45. The van der Waals surface area contributed by atoms with Crippen molar-refractivity contribution >= 4 is 56.3 Å². The van der Waals surface area contributed by atoms with Crippen LogP contribution in [-0.4, -0.2) is 14.6 Å². The highest BCUT2D eigenvalue weighted by Crippen LogP contribution is 2.34. The SMILES string of the molecule is Clc1ccc2snc(-c3ccc(CSc4nnc(-c5ccccc5)s4)cc3)c2c1. The van der Waals surface area contributed by atoms with Crippen molar-refractivity contribution in [2.45, 2.75) is 10.1 Å². The van der Waals surface area contributed by atoms with Crippen LogP contribution >= 0.6 is 46.2 Å². The van der Waals surface area contributed by atoms with Crippen LogP contribution in [0.3, 0.4) is 0 Å². The minimum atomic E-state index is 0.735. The lowest BCUT2D eigenvalue weighted by Crippen LogP contribution is -1.83. The highest BCUT2D eigenvalue weighted by molar-refractivity contribution is 8.00. The molecule has 0 aliphatic carbocycles. The molecule has 5 rings (SSSR count). The van der Waals surface area contributed by atoms with E-state index < -0.39 is 0 Å². The fourth-order valence-electron chi connectivity index (χ4n) is 2.99. The number of hydrogen-bond donors (Lipinski definition) is 0. The Bertz CT molecular complexity index is 1260. The van der Waals surface area contributed by atoms with Crippen LogP contribution in [0.25, 0.3) is 31.9 Å². The standard InChI is InChI=1S/C22H14ClN3S3/c23-17-10-11-19-18(12-17)20(26-29-19)15-8-6-14(7-9-15)13-27-22-25-24-21(28-22)16-4-2-1-3-5-16/h1-12H,13H2. The number of rotatable bonds is 5. The maximum absolute atomic E-state index is 6.16. The summed E-state index contributed by atoms with van der Waals surface area (Å²) in [6, 6.07) is 24.6. The molecule has 5 aromatic rings. The third kappa shape index (κ3) is 4.07. The number of fused-ring (bicyclic) bond motifs is 1. The second-order valence-corrected chi connectivity index (χ2v) is 9.84. The minimum absolute atomic E-state index is 0.735. The van der Waals surface area contributed by atoms with Gasteiger partial charge < -0.3 is 0 Å². The van der Waals surface area contributed by atoms with E-state index >= 15 is 0 Å². The minimum Gasteiger partial charge on any atom is -0.191 e. The molecule has 0 aliphatic rings. The summed E-state index contributed by atoms with van der Waals surface area (Å²) in [6.45, 7) is 0. The van der Waals surface area contributed by atoms with Gasteiger partial charge in [0.15, 0.2) is 4.34 Å². The molecule has 0 saturated heterocycles. The van der Waals surface area contributed by atoms with Gasteiger partial charge in [-0.3, -0.25) is 0 Å². The van der Waals surface area contributed by atoms with Gasteiger partial charge in [0.05, 0.1) is 10.4 Å². The molecule has 0 amide bonds. The van der Waals surface area contributed by atoms with E-state index in [9.17, 15) is 0 Å². The molecule has 2 aromatic heterocycles. The Morgan fingerprint density at radius 1 is 0.862 bits per heavy atom. The number of thioether (sulfide) groups is 1. The molecule has 0 unspecified atom stereocenters. The molecule has 0 bridgehead atoms. The normalized spacial score (nSPS) is 11.2. The van der Waals surface area contributed by atoms with Crippen molar-refractivity contribution < 1.29 is 0 Å². The summed E-state index contributed by atoms with van der Waals surface area (Å²) in [6.07, 6.45) is 0. The van der Waals surface area contributed by atoms with E-state index in [0.29, 0.717) is 0 Å². The lowest BCUT2D eigenvalue weighted by molar-refractivity contribution is 1.01. The van der Waals surface area contributed by atoms with Crippen LogP contribution in [0.1, 0.15) is 5.56 Å². The second kappa shape index (κ2) is 8.24. The fraction of sp³-hybridized carbons (Fsp3) is 0.0455. The van der Waals surface area contributed by atoms with E-state index in [4.69, 9.17) is 11.6 Å². The third-order valence-corrected chi connectivity index (χ3v) is 7.69. The molecule has 7 heteroatoms. The Balaban J connectivity index is 1.30. The molecule has 3 aromatic carbocycles. The Morgan fingerprint density at radius 3 is 2.52 bits per heavy atom. The van der Waals surface area contributed by atoms with Gasteiger partial charge in [0, 0.05) is 27.3 Å². The largest absolute Gasteiger partial charge is 0.191 e. The van der Waals surface area contributed by atoms with Gasteiger partial charge in [-0.1, -0.05) is 89.3 Å². The molecule has 0 fully saturated rings. The highest BCUT2D eigenvalue weighted by atomic mass is 35.5. The Labute approximate surface area is 185 Å². The van der Waals surface area contributed by atoms with Gasteiger partial charge in [-0.15, -0.1) is 10.2 Å². The van der Waals surface area contributed by atoms with Gasteiger partial charge in [0.2, 0.25) is 0 Å². The maximum atomic E-state index is 6.16. The quantitative estimate of drug-likeness (QED) is 0.260. The maximum Gasteiger partial charge on any atom is 0.174 e. The zero-order valence-corrected chi connectivity index (χ0v) is 18.3. The number of benzene rings is 3. The monoisotopic (exact) mass is 451 g/mol. The smallest absolute Gasteiger partial charge is 0.174 e. The van der Waals surface area contributed by atoms with Crippen LogP contribution in [0.4, 0.5) is 0 Å². The van der Waals surface area contributed by atoms with Gasteiger partial charge in [0.25, 0.3) is 0 Å². The molecule has 0 saturated carbocycles. The van der Waals surface area contributed by atoms with Crippen molar-refractivity contribution in [3.8, 4) is 21.8 Å². The highest BCUT2D eigenvalue weighted by Gasteiger charge is 2.10. The summed E-state index contributed by atoms with van der Waals surface area (Å²) < 4.78 is 6.75. The number of aromatic nitrogens is 3. The van der Waals surface area contributed by atoms with Gasteiger partial charge in [-0.25, -0.2) is 0 Å². The molecule has 29 heavy (non-hydrogen) atoms. The molecule has 2 heterocycles. The van der Waals surface area contributed by atoms with E-state index in [1.54, 1.807) is 23.1 Å². The number of halogens is 1. The third-order valence-electron chi connectivity index (χ3n) is 4.45. The second-order valence-electron chi connectivity index (χ2n) is 6.40. The Kier molecular flexibility index (Phi) is 5.33. The van der Waals surface area contributed by atoms with Crippen molar-refractivity contribution in [1.29, 1.82) is 0 Å². The Hall–Kier alpha value is -2.25. The zero-order valence-electron chi connectivity index (χ0n) is 15.1. The predicted octanol–water partition coefficient (Wildman–Crippen LogP) is 7.43. The molecule has 0 N–H and O–H groups in total. The Morgan fingerprint density at radius 2 is 1.69 bits per heavy atom. The van der Waals surface area contributed by atoms with Crippen molar-refractivity contribution in [3.05, 3.63) is 83.4 Å². The zero-order chi connectivity index (χ0) is 19.6. The molecule has 0 aliphatic heterocycles. The molecule has 142 valence electrons. The lowest BCUT2D eigenvalue weighted by Gasteiger charge is -2.02. The number of hydrogen-bond acceptors (Lipinski definition) is 6. The van der Waals surface area contributed by atoms with Crippen LogP contribution in [0.15, 0.2) is 77.1 Å². The first-order valence-electron chi connectivity index (χ1n) is 8.92. The molecule has 0 spiro atoms. The van der Waals surface area contributed by atoms with Gasteiger partial charge in [-0.05, 0) is 35.3 Å². The van der Waals surface area contributed by atoms with Crippen LogP contribution in [0.5, 0.6) is 0 Å². The molecular weight excluding hydrogens is 438 g/mol. The molecular formula is C22H14ClN3S3. The van der Waals surface area contributed by atoms with E-state index in [1.807, 2.05) is 36.4 Å². The summed E-state index contributed by atoms with van der Waals surface area (Å²) in [7, 11) is 0. The van der Waals surface area contributed by atoms with Crippen molar-refractivity contribution in [3.63, 3.8) is 0 Å². The van der Waals surface area contributed by atoms with Gasteiger partial charge >= 0.3 is 0 Å². The first kappa shape index (κ1) is 18.8. The van der Waals surface area contributed by atoms with E-state index in [-0.39, 0.29) is 0 Å². The molecule has 0 atom stereocenters. The fourth-order valence-corrected chi connectivity index (χ4v) is 5.75. The van der Waals surface area contributed by atoms with Crippen LogP contribution in [0.2, 0.25) is 5.02 Å². The van der Waals surface area contributed by atoms with Crippen LogP contribution in [-0.2, 0) is 5.75 Å². The summed E-state index contributed by atoms with van der Waals surface area (Å²) in [5, 5.41) is 11.4. The lowest BCUT2D eigenvalue weighted by atomic mass is 10.1. The summed E-state index contributed by atoms with van der Waals surface area (Å²) in [4.78, 5) is 0. The average Bonchev–Trinajstić information content (AvgIpc) is 3.40. The van der Waals surface area contributed by atoms with Gasteiger partial charge in [0.1, 0.15) is 5.01 Å². The first-order chi connectivity index (χ1) is 14.3. The van der Waals surface area contributed by atoms with Crippen LogP contribution < -0.4 is 0 Å². The topological polar surface area (TPSA) is 38.7 Å². The molecule has 0 radical (unpaired) electrons. The summed E-state index contributed by atoms with van der Waals surface area (Å²) >= 11 is 11.0. The van der Waals surface area contributed by atoms with Gasteiger partial charge in [-0.2, -0.15) is 4.37 Å². The van der Waals surface area contributed by atoms with E-state index in [2.05, 4.69) is 51.0 Å². The average molecular weight is 452 g/mol. The van der Waals surface area contributed by atoms with E-state index in [0.717, 1.165) is 47.0 Å². The first-order valence-corrected chi connectivity index (χ1v) is 11.9. The van der Waals surface area contributed by atoms with Crippen molar-refractivity contribution in [2.24, 2.45) is 0 Å². The van der Waals surface area contributed by atoms with Crippen molar-refractivity contribution in [2.75, 3.05) is 0 Å².